The second-order valence-electron chi connectivity index (χ2n) is 3.05. The number of hydrogen-bond donors (Lipinski definition) is 1. The Hall–Kier alpha value is -1.13. The zero-order chi connectivity index (χ0) is 11.1. The molecule has 15 heavy (non-hydrogen) atoms. The van der Waals surface area contributed by atoms with Crippen LogP contribution in [0, 0.1) is 0 Å². The standard InChI is InChI=1S/C11H14O3S/c1-2-3-4-7-14-8-9-5-6-10(15-9)11(12)13/h2,5-6H,1,3-4,7-8H2,(H,12,13). The minimum absolute atomic E-state index is 0.361. The number of ether oxygens (including phenoxy) is 1. The molecule has 0 aliphatic rings. The molecule has 0 aliphatic carbocycles. The van der Waals surface area contributed by atoms with E-state index < -0.39 is 5.97 Å². The quantitative estimate of drug-likeness (QED) is 0.574. The van der Waals surface area contributed by atoms with Crippen molar-refractivity contribution in [2.24, 2.45) is 0 Å². The van der Waals surface area contributed by atoms with E-state index in [1.165, 1.54) is 11.3 Å². The highest BCUT2D eigenvalue weighted by Gasteiger charge is 2.06. The molecule has 1 aromatic rings. The Morgan fingerprint density at radius 2 is 2.40 bits per heavy atom. The predicted molar refractivity (Wildman–Crippen MR) is 60.4 cm³/mol. The molecule has 0 aromatic carbocycles. The van der Waals surface area contributed by atoms with Crippen molar-refractivity contribution < 1.29 is 14.6 Å². The van der Waals surface area contributed by atoms with Crippen LogP contribution in [0.3, 0.4) is 0 Å². The Balaban J connectivity index is 2.25. The molecule has 0 atom stereocenters. The Morgan fingerprint density at radius 3 is 3.00 bits per heavy atom. The molecule has 0 aliphatic heterocycles. The number of carboxylic acid groups (broad SMARTS) is 1. The average molecular weight is 226 g/mol. The normalized spacial score (nSPS) is 10.1. The van der Waals surface area contributed by atoms with Gasteiger partial charge in [-0.1, -0.05) is 6.08 Å². The number of hydrogen-bond acceptors (Lipinski definition) is 3. The summed E-state index contributed by atoms with van der Waals surface area (Å²) in [6.07, 6.45) is 3.77. The van der Waals surface area contributed by atoms with Crippen molar-refractivity contribution in [1.82, 2.24) is 0 Å². The maximum absolute atomic E-state index is 10.6. The van der Waals surface area contributed by atoms with Gasteiger partial charge in [0.1, 0.15) is 4.88 Å². The molecule has 0 bridgehead atoms. The third-order valence-corrected chi connectivity index (χ3v) is 2.86. The summed E-state index contributed by atoms with van der Waals surface area (Å²) in [6, 6.07) is 3.40. The summed E-state index contributed by atoms with van der Waals surface area (Å²) in [5.41, 5.74) is 0. The highest BCUT2D eigenvalue weighted by Crippen LogP contribution is 2.17. The lowest BCUT2D eigenvalue weighted by atomic mass is 10.3. The highest BCUT2D eigenvalue weighted by atomic mass is 32.1. The summed E-state index contributed by atoms with van der Waals surface area (Å²) in [6.45, 7) is 4.80. The van der Waals surface area contributed by atoms with Gasteiger partial charge in [-0.25, -0.2) is 4.79 Å². The van der Waals surface area contributed by atoms with Crippen LogP contribution in [0.25, 0.3) is 0 Å². The van der Waals surface area contributed by atoms with Crippen LogP contribution in [-0.2, 0) is 11.3 Å². The van der Waals surface area contributed by atoms with Crippen LogP contribution in [0.15, 0.2) is 24.8 Å². The molecule has 82 valence electrons. The van der Waals surface area contributed by atoms with Crippen LogP contribution >= 0.6 is 11.3 Å². The first kappa shape index (κ1) is 11.9. The maximum Gasteiger partial charge on any atom is 0.345 e. The van der Waals surface area contributed by atoms with Crippen LogP contribution in [0.1, 0.15) is 27.4 Å². The third-order valence-electron chi connectivity index (χ3n) is 1.81. The molecule has 0 spiro atoms. The van der Waals surface area contributed by atoms with Gasteiger partial charge in [-0.15, -0.1) is 17.9 Å². The van der Waals surface area contributed by atoms with Crippen LogP contribution in [0.4, 0.5) is 0 Å². The van der Waals surface area contributed by atoms with E-state index in [0.29, 0.717) is 18.1 Å². The summed E-state index contributed by atoms with van der Waals surface area (Å²) in [4.78, 5) is 11.9. The van der Waals surface area contributed by atoms with Gasteiger partial charge in [0.2, 0.25) is 0 Å². The summed E-state index contributed by atoms with van der Waals surface area (Å²) in [5, 5.41) is 8.70. The van der Waals surface area contributed by atoms with Gasteiger partial charge in [-0.2, -0.15) is 0 Å². The van der Waals surface area contributed by atoms with Gasteiger partial charge in [-0.3, -0.25) is 0 Å². The van der Waals surface area contributed by atoms with E-state index >= 15 is 0 Å². The largest absolute Gasteiger partial charge is 0.477 e. The van der Waals surface area contributed by atoms with Gasteiger partial charge >= 0.3 is 5.97 Å². The molecule has 1 N–H and O–H groups in total. The topological polar surface area (TPSA) is 46.5 Å². The lowest BCUT2D eigenvalue weighted by Gasteiger charge is -1.99. The number of carbonyl (C=O) groups is 1. The number of carboxylic acids is 1. The maximum atomic E-state index is 10.6. The highest BCUT2D eigenvalue weighted by molar-refractivity contribution is 7.13. The fourth-order valence-corrected chi connectivity index (χ4v) is 1.86. The van der Waals surface area contributed by atoms with Crippen molar-refractivity contribution in [2.75, 3.05) is 6.61 Å². The van der Waals surface area contributed by atoms with Crippen molar-refractivity contribution in [3.63, 3.8) is 0 Å². The minimum Gasteiger partial charge on any atom is -0.477 e. The van der Waals surface area contributed by atoms with Crippen LogP contribution in [0.2, 0.25) is 0 Å². The molecule has 3 nitrogen and oxygen atoms in total. The van der Waals surface area contributed by atoms with Crippen molar-refractivity contribution in [1.29, 1.82) is 0 Å². The van der Waals surface area contributed by atoms with Crippen LogP contribution in [-0.4, -0.2) is 17.7 Å². The van der Waals surface area contributed by atoms with Gasteiger partial charge < -0.3 is 9.84 Å². The summed E-state index contributed by atoms with van der Waals surface area (Å²) < 4.78 is 5.38. The Kier molecular flexibility index (Phi) is 5.07. The minimum atomic E-state index is -0.877. The summed E-state index contributed by atoms with van der Waals surface area (Å²) >= 11 is 1.26. The zero-order valence-electron chi connectivity index (χ0n) is 8.44. The lowest BCUT2D eigenvalue weighted by Crippen LogP contribution is -1.93. The predicted octanol–water partition coefficient (Wildman–Crippen LogP) is 2.93. The Bertz CT molecular complexity index is 330. The van der Waals surface area contributed by atoms with Gasteiger partial charge in [0, 0.05) is 11.5 Å². The molecule has 0 amide bonds. The Labute approximate surface area is 93.0 Å². The van der Waals surface area contributed by atoms with Crippen LogP contribution in [0.5, 0.6) is 0 Å². The van der Waals surface area contributed by atoms with Crippen molar-refractivity contribution >= 4 is 17.3 Å². The molecule has 0 saturated carbocycles. The first-order valence-electron chi connectivity index (χ1n) is 4.74. The molecule has 1 rings (SSSR count). The van der Waals surface area contributed by atoms with E-state index in [-0.39, 0.29) is 0 Å². The van der Waals surface area contributed by atoms with Crippen LogP contribution < -0.4 is 0 Å². The molecule has 0 radical (unpaired) electrons. The average Bonchev–Trinajstić information content (AvgIpc) is 2.66. The fraction of sp³-hybridized carbons (Fsp3) is 0.364. The molecule has 0 saturated heterocycles. The number of rotatable bonds is 7. The molecule has 1 heterocycles. The van der Waals surface area contributed by atoms with Crippen molar-refractivity contribution in [3.05, 3.63) is 34.5 Å². The van der Waals surface area contributed by atoms with Gasteiger partial charge in [0.25, 0.3) is 0 Å². The van der Waals surface area contributed by atoms with E-state index in [9.17, 15) is 4.79 Å². The summed E-state index contributed by atoms with van der Waals surface area (Å²) in [7, 11) is 0. The molecular weight excluding hydrogens is 212 g/mol. The van der Waals surface area contributed by atoms with E-state index in [1.54, 1.807) is 12.1 Å². The first-order valence-corrected chi connectivity index (χ1v) is 5.56. The number of thiophene rings is 1. The number of unbranched alkanes of at least 4 members (excludes halogenated alkanes) is 1. The number of aromatic carboxylic acids is 1. The molecule has 0 fully saturated rings. The summed E-state index contributed by atoms with van der Waals surface area (Å²) in [5.74, 6) is -0.877. The van der Waals surface area contributed by atoms with E-state index in [0.717, 1.165) is 17.7 Å². The molecular formula is C11H14O3S. The van der Waals surface area contributed by atoms with Crippen molar-refractivity contribution in [3.8, 4) is 0 Å². The fourth-order valence-electron chi connectivity index (χ4n) is 1.07. The monoisotopic (exact) mass is 226 g/mol. The second-order valence-corrected chi connectivity index (χ2v) is 4.22. The van der Waals surface area contributed by atoms with Gasteiger partial charge in [0.15, 0.2) is 0 Å². The molecule has 4 heteroatoms. The van der Waals surface area contributed by atoms with Gasteiger partial charge in [-0.05, 0) is 25.0 Å². The SMILES string of the molecule is C=CCCCOCc1ccc(C(=O)O)s1. The number of allylic oxidation sites excluding steroid dienone is 1. The molecule has 0 unspecified atom stereocenters. The smallest absolute Gasteiger partial charge is 0.345 e. The van der Waals surface area contributed by atoms with E-state index in [2.05, 4.69) is 6.58 Å². The molecule has 1 aromatic heterocycles. The van der Waals surface area contributed by atoms with Crippen molar-refractivity contribution in [2.45, 2.75) is 19.4 Å². The Morgan fingerprint density at radius 1 is 1.60 bits per heavy atom. The zero-order valence-corrected chi connectivity index (χ0v) is 9.26. The third kappa shape index (κ3) is 4.27. The first-order chi connectivity index (χ1) is 7.24. The second kappa shape index (κ2) is 6.37. The van der Waals surface area contributed by atoms with E-state index in [4.69, 9.17) is 9.84 Å². The van der Waals surface area contributed by atoms with E-state index in [1.807, 2.05) is 6.08 Å². The lowest BCUT2D eigenvalue weighted by molar-refractivity contribution is 0.0702. The van der Waals surface area contributed by atoms with Gasteiger partial charge in [0.05, 0.1) is 6.61 Å².